The maximum atomic E-state index is 11.6. The summed E-state index contributed by atoms with van der Waals surface area (Å²) in [5.74, 6) is 1.53. The fourth-order valence-electron chi connectivity index (χ4n) is 1.65. The van der Waals surface area contributed by atoms with Crippen LogP contribution in [0.1, 0.15) is 39.0 Å². The molecular formula is C9H17O2P. The minimum Gasteiger partial charge on any atom is -0.341 e. The standard InChI is InChI=1S/C9H17O2P/c1-2-3-8-12(10,11)9-6-4-5-7-9/h3,8-9H,2,4-7H2,1H3,(H,10,11). The molecule has 0 aromatic carbocycles. The van der Waals surface area contributed by atoms with Crippen molar-refractivity contribution in [3.8, 4) is 0 Å². The van der Waals surface area contributed by atoms with Gasteiger partial charge in [0.25, 0.3) is 0 Å². The van der Waals surface area contributed by atoms with E-state index in [0.29, 0.717) is 0 Å². The van der Waals surface area contributed by atoms with E-state index < -0.39 is 7.37 Å². The molecule has 1 aliphatic carbocycles. The first-order valence-electron chi connectivity index (χ1n) is 4.66. The third-order valence-electron chi connectivity index (χ3n) is 2.40. The van der Waals surface area contributed by atoms with Gasteiger partial charge in [0.15, 0.2) is 0 Å². The molecule has 0 radical (unpaired) electrons. The van der Waals surface area contributed by atoms with E-state index in [0.717, 1.165) is 32.1 Å². The van der Waals surface area contributed by atoms with E-state index in [2.05, 4.69) is 0 Å². The van der Waals surface area contributed by atoms with E-state index in [-0.39, 0.29) is 5.66 Å². The predicted octanol–water partition coefficient (Wildman–Crippen LogP) is 3.12. The minimum absolute atomic E-state index is 0.0558. The Morgan fingerprint density at radius 1 is 1.50 bits per heavy atom. The van der Waals surface area contributed by atoms with Crippen LogP contribution in [0.25, 0.3) is 0 Å². The first-order valence-corrected chi connectivity index (χ1v) is 6.46. The number of hydrogen-bond acceptors (Lipinski definition) is 1. The zero-order valence-electron chi connectivity index (χ0n) is 7.57. The summed E-state index contributed by atoms with van der Waals surface area (Å²) in [6, 6.07) is 0. The Hall–Kier alpha value is -0.0700. The summed E-state index contributed by atoms with van der Waals surface area (Å²) < 4.78 is 11.6. The van der Waals surface area contributed by atoms with Crippen molar-refractivity contribution in [3.63, 3.8) is 0 Å². The van der Waals surface area contributed by atoms with Crippen molar-refractivity contribution >= 4 is 7.37 Å². The van der Waals surface area contributed by atoms with Gasteiger partial charge in [-0.2, -0.15) is 0 Å². The van der Waals surface area contributed by atoms with Gasteiger partial charge in [-0.05, 0) is 25.1 Å². The second-order valence-corrected chi connectivity index (χ2v) is 5.78. The summed E-state index contributed by atoms with van der Waals surface area (Å²) >= 11 is 0. The molecule has 0 heterocycles. The van der Waals surface area contributed by atoms with Crippen LogP contribution in [-0.2, 0) is 4.57 Å². The summed E-state index contributed by atoms with van der Waals surface area (Å²) in [5.41, 5.74) is 0.0558. The Balaban J connectivity index is 2.57. The van der Waals surface area contributed by atoms with Gasteiger partial charge in [0.05, 0.1) is 0 Å². The summed E-state index contributed by atoms with van der Waals surface area (Å²) in [7, 11) is -2.94. The topological polar surface area (TPSA) is 37.3 Å². The molecule has 70 valence electrons. The van der Waals surface area contributed by atoms with E-state index in [1.807, 2.05) is 6.92 Å². The minimum atomic E-state index is -2.94. The Labute approximate surface area is 74.1 Å². The molecule has 1 fully saturated rings. The molecule has 1 atom stereocenters. The lowest BCUT2D eigenvalue weighted by Crippen LogP contribution is -1.99. The molecule has 2 nitrogen and oxygen atoms in total. The largest absolute Gasteiger partial charge is 0.341 e. The average Bonchev–Trinajstić information content (AvgIpc) is 2.53. The molecule has 0 bridgehead atoms. The molecular weight excluding hydrogens is 171 g/mol. The van der Waals surface area contributed by atoms with Crippen LogP contribution in [0.5, 0.6) is 0 Å². The van der Waals surface area contributed by atoms with Crippen LogP contribution in [-0.4, -0.2) is 10.6 Å². The molecule has 3 heteroatoms. The number of rotatable bonds is 3. The lowest BCUT2D eigenvalue weighted by molar-refractivity contribution is 0.473. The number of allylic oxidation sites excluding steroid dienone is 1. The molecule has 0 amide bonds. The van der Waals surface area contributed by atoms with Crippen molar-refractivity contribution in [2.24, 2.45) is 0 Å². The lowest BCUT2D eigenvalue weighted by atomic mass is 10.4. The van der Waals surface area contributed by atoms with Gasteiger partial charge in [0, 0.05) is 5.66 Å². The first kappa shape index (κ1) is 10.0. The van der Waals surface area contributed by atoms with E-state index in [1.54, 1.807) is 6.08 Å². The fraction of sp³-hybridized carbons (Fsp3) is 0.778. The van der Waals surface area contributed by atoms with Gasteiger partial charge in [-0.3, -0.25) is 4.57 Å². The predicted molar refractivity (Wildman–Crippen MR) is 51.5 cm³/mol. The van der Waals surface area contributed by atoms with Crippen LogP contribution < -0.4 is 0 Å². The Morgan fingerprint density at radius 2 is 2.08 bits per heavy atom. The zero-order chi connectivity index (χ0) is 9.03. The highest BCUT2D eigenvalue weighted by molar-refractivity contribution is 7.62. The molecule has 0 aliphatic heterocycles. The highest BCUT2D eigenvalue weighted by atomic mass is 31.2. The van der Waals surface area contributed by atoms with Gasteiger partial charge in [-0.1, -0.05) is 25.8 Å². The fourth-order valence-corrected chi connectivity index (χ4v) is 3.51. The summed E-state index contributed by atoms with van der Waals surface area (Å²) in [5, 5.41) is 0. The van der Waals surface area contributed by atoms with E-state index in [1.165, 1.54) is 5.82 Å². The molecule has 1 aliphatic rings. The second kappa shape index (κ2) is 4.25. The third kappa shape index (κ3) is 2.46. The Bertz CT molecular complexity index is 205. The summed E-state index contributed by atoms with van der Waals surface area (Å²) in [4.78, 5) is 9.61. The van der Waals surface area contributed by atoms with Gasteiger partial charge in [-0.15, -0.1) is 0 Å². The van der Waals surface area contributed by atoms with Crippen LogP contribution in [0.15, 0.2) is 11.9 Å². The molecule has 1 unspecified atom stereocenters. The van der Waals surface area contributed by atoms with Crippen LogP contribution in [0.2, 0.25) is 0 Å². The molecule has 1 N–H and O–H groups in total. The zero-order valence-corrected chi connectivity index (χ0v) is 8.46. The monoisotopic (exact) mass is 188 g/mol. The van der Waals surface area contributed by atoms with Gasteiger partial charge in [0.1, 0.15) is 0 Å². The summed E-state index contributed by atoms with van der Waals surface area (Å²) in [6.45, 7) is 1.98. The number of hydrogen-bond donors (Lipinski definition) is 1. The molecule has 1 rings (SSSR count). The van der Waals surface area contributed by atoms with Crippen LogP contribution >= 0.6 is 7.37 Å². The lowest BCUT2D eigenvalue weighted by Gasteiger charge is -2.13. The average molecular weight is 188 g/mol. The maximum Gasteiger partial charge on any atom is 0.225 e. The molecule has 1 saturated carbocycles. The molecule has 0 aromatic heterocycles. The smallest absolute Gasteiger partial charge is 0.225 e. The van der Waals surface area contributed by atoms with Crippen molar-refractivity contribution in [2.45, 2.75) is 44.7 Å². The van der Waals surface area contributed by atoms with E-state index in [4.69, 9.17) is 0 Å². The molecule has 0 spiro atoms. The van der Waals surface area contributed by atoms with Crippen LogP contribution in [0.4, 0.5) is 0 Å². The van der Waals surface area contributed by atoms with E-state index >= 15 is 0 Å². The van der Waals surface area contributed by atoms with Crippen molar-refractivity contribution in [3.05, 3.63) is 11.9 Å². The second-order valence-electron chi connectivity index (χ2n) is 3.40. The Morgan fingerprint density at radius 3 is 2.58 bits per heavy atom. The molecule has 0 saturated heterocycles. The van der Waals surface area contributed by atoms with Gasteiger partial charge < -0.3 is 4.89 Å². The van der Waals surface area contributed by atoms with Gasteiger partial charge in [-0.25, -0.2) is 0 Å². The first-order chi connectivity index (χ1) is 5.67. The van der Waals surface area contributed by atoms with E-state index in [9.17, 15) is 9.46 Å². The molecule has 0 aromatic rings. The SMILES string of the molecule is CCC=CP(=O)(O)C1CCCC1. The highest BCUT2D eigenvalue weighted by Crippen LogP contribution is 2.54. The normalized spacial score (nSPS) is 24.8. The van der Waals surface area contributed by atoms with Crippen LogP contribution in [0.3, 0.4) is 0 Å². The quantitative estimate of drug-likeness (QED) is 0.691. The van der Waals surface area contributed by atoms with Crippen molar-refractivity contribution in [2.75, 3.05) is 0 Å². The highest BCUT2D eigenvalue weighted by Gasteiger charge is 2.30. The maximum absolute atomic E-state index is 11.6. The van der Waals surface area contributed by atoms with Gasteiger partial charge >= 0.3 is 0 Å². The third-order valence-corrected chi connectivity index (χ3v) is 4.60. The van der Waals surface area contributed by atoms with Crippen molar-refractivity contribution in [1.82, 2.24) is 0 Å². The Kier molecular flexibility index (Phi) is 3.54. The van der Waals surface area contributed by atoms with Crippen LogP contribution in [0, 0.1) is 0 Å². The van der Waals surface area contributed by atoms with Crippen molar-refractivity contribution in [1.29, 1.82) is 0 Å². The van der Waals surface area contributed by atoms with Gasteiger partial charge in [0.2, 0.25) is 7.37 Å². The summed E-state index contributed by atoms with van der Waals surface area (Å²) in [6.07, 6.45) is 6.75. The molecule has 12 heavy (non-hydrogen) atoms. The van der Waals surface area contributed by atoms with Crippen molar-refractivity contribution < 1.29 is 9.46 Å².